The second-order valence-corrected chi connectivity index (χ2v) is 15.1. The molecular formula is C36H69N9O8. The zero-order valence-corrected chi connectivity index (χ0v) is 33.1. The van der Waals surface area contributed by atoms with E-state index < -0.39 is 83.7 Å². The number of rotatable bonds is 27. The predicted octanol–water partition coefficient (Wildman–Crippen LogP) is -0.257. The Morgan fingerprint density at radius 2 is 0.774 bits per heavy atom. The van der Waals surface area contributed by atoms with Crippen LogP contribution in [-0.4, -0.2) is 102 Å². The van der Waals surface area contributed by atoms with E-state index >= 15 is 0 Å². The standard InChI is InChI=1S/C36H69N9O8/c1-20(2)17-27(45-32(48)25(13-9-11-15-37)41-34(50)28(18-21(3)4)43-30(46)23(7)39)33(49)40-24(8)31(47)44-29(19-22(5)6)35(51)42-26(36(52)53)14-10-12-16-38/h20-29H,9-19,37-39H2,1-8H3,(H,40,49)(H,41,50)(H,42,51)(H,43,46)(H,44,47)(H,45,48)(H,52,53)/t23-,24-,25-,26-,27-,28-,29-/m0/s1. The van der Waals surface area contributed by atoms with E-state index in [0.717, 1.165) is 0 Å². The first kappa shape index (κ1) is 49.2. The monoisotopic (exact) mass is 756 g/mol. The zero-order chi connectivity index (χ0) is 40.8. The van der Waals surface area contributed by atoms with Crippen molar-refractivity contribution in [1.82, 2.24) is 31.9 Å². The highest BCUT2D eigenvalue weighted by atomic mass is 16.4. The Labute approximate surface area is 315 Å². The largest absolute Gasteiger partial charge is 0.480 e. The topological polar surface area (TPSA) is 290 Å². The summed E-state index contributed by atoms with van der Waals surface area (Å²) in [5.41, 5.74) is 16.9. The highest BCUT2D eigenvalue weighted by Crippen LogP contribution is 2.11. The van der Waals surface area contributed by atoms with E-state index in [1.54, 1.807) is 0 Å². The van der Waals surface area contributed by atoms with Gasteiger partial charge in [-0.25, -0.2) is 4.79 Å². The van der Waals surface area contributed by atoms with Crippen LogP contribution >= 0.6 is 0 Å². The van der Waals surface area contributed by atoms with Gasteiger partial charge in [-0.15, -0.1) is 0 Å². The van der Waals surface area contributed by atoms with Crippen LogP contribution in [0.4, 0.5) is 0 Å². The second kappa shape index (κ2) is 26.0. The molecule has 13 N–H and O–H groups in total. The molecule has 0 fully saturated rings. The van der Waals surface area contributed by atoms with Crippen molar-refractivity contribution < 1.29 is 38.7 Å². The number of carbonyl (C=O) groups excluding carboxylic acids is 6. The molecule has 0 saturated heterocycles. The Morgan fingerprint density at radius 1 is 0.453 bits per heavy atom. The number of amides is 6. The summed E-state index contributed by atoms with van der Waals surface area (Å²) < 4.78 is 0. The van der Waals surface area contributed by atoms with Crippen LogP contribution in [0.25, 0.3) is 0 Å². The maximum absolute atomic E-state index is 13.7. The molecule has 53 heavy (non-hydrogen) atoms. The van der Waals surface area contributed by atoms with E-state index in [1.165, 1.54) is 13.8 Å². The van der Waals surface area contributed by atoms with Gasteiger partial charge in [0.25, 0.3) is 0 Å². The summed E-state index contributed by atoms with van der Waals surface area (Å²) in [6, 6.07) is -7.30. The molecule has 0 heterocycles. The summed E-state index contributed by atoms with van der Waals surface area (Å²) in [6.45, 7) is 14.9. The average Bonchev–Trinajstić information content (AvgIpc) is 3.05. The molecule has 306 valence electrons. The lowest BCUT2D eigenvalue weighted by atomic mass is 10.00. The van der Waals surface area contributed by atoms with E-state index in [2.05, 4.69) is 31.9 Å². The lowest BCUT2D eigenvalue weighted by Gasteiger charge is -2.28. The average molecular weight is 756 g/mol. The van der Waals surface area contributed by atoms with Gasteiger partial charge in [0.2, 0.25) is 35.4 Å². The van der Waals surface area contributed by atoms with Crippen molar-refractivity contribution in [2.45, 2.75) is 155 Å². The Bertz CT molecular complexity index is 1180. The maximum atomic E-state index is 13.7. The lowest BCUT2D eigenvalue weighted by molar-refractivity contribution is -0.142. The van der Waals surface area contributed by atoms with Crippen LogP contribution < -0.4 is 49.1 Å². The minimum absolute atomic E-state index is 0.0325. The molecule has 0 aromatic heterocycles. The normalized spacial score (nSPS) is 15.4. The van der Waals surface area contributed by atoms with Crippen LogP contribution in [0.1, 0.15) is 113 Å². The Kier molecular flexibility index (Phi) is 24.1. The Morgan fingerprint density at radius 3 is 1.15 bits per heavy atom. The van der Waals surface area contributed by atoms with Gasteiger partial charge in [0.1, 0.15) is 36.3 Å². The van der Waals surface area contributed by atoms with Crippen LogP contribution in [-0.2, 0) is 33.6 Å². The minimum Gasteiger partial charge on any atom is -0.480 e. The molecule has 17 nitrogen and oxygen atoms in total. The second-order valence-electron chi connectivity index (χ2n) is 15.1. The Hall–Kier alpha value is -3.83. The third-order valence-corrected chi connectivity index (χ3v) is 8.33. The molecule has 17 heteroatoms. The number of aliphatic carboxylic acids is 1. The molecule has 0 aromatic carbocycles. The van der Waals surface area contributed by atoms with Crippen molar-refractivity contribution in [1.29, 1.82) is 0 Å². The van der Waals surface area contributed by atoms with Gasteiger partial charge in [-0.1, -0.05) is 41.5 Å². The maximum Gasteiger partial charge on any atom is 0.326 e. The fourth-order valence-corrected chi connectivity index (χ4v) is 5.42. The summed E-state index contributed by atoms with van der Waals surface area (Å²) >= 11 is 0. The van der Waals surface area contributed by atoms with E-state index in [4.69, 9.17) is 17.2 Å². The highest BCUT2D eigenvalue weighted by molar-refractivity contribution is 5.96. The fraction of sp³-hybridized carbons (Fsp3) is 0.806. The van der Waals surface area contributed by atoms with E-state index in [1.807, 2.05) is 41.5 Å². The van der Waals surface area contributed by atoms with Gasteiger partial charge in [0, 0.05) is 0 Å². The molecule has 0 unspecified atom stereocenters. The van der Waals surface area contributed by atoms with Gasteiger partial charge in [-0.05, 0) is 102 Å². The molecule has 6 amide bonds. The molecule has 0 aromatic rings. The van der Waals surface area contributed by atoms with Crippen molar-refractivity contribution in [2.24, 2.45) is 35.0 Å². The van der Waals surface area contributed by atoms with Crippen molar-refractivity contribution >= 4 is 41.4 Å². The smallest absolute Gasteiger partial charge is 0.326 e. The quantitative estimate of drug-likeness (QED) is 0.0488. The SMILES string of the molecule is CC(C)C[C@H](NC(=O)[C@H](C)N)C(=O)N[C@@H](CCCCN)C(=O)N[C@@H](CC(C)C)C(=O)N[C@@H](C)C(=O)N[C@@H](CC(C)C)C(=O)N[C@@H](CCCCN)C(=O)O. The molecule has 0 aliphatic rings. The highest BCUT2D eigenvalue weighted by Gasteiger charge is 2.33. The van der Waals surface area contributed by atoms with Crippen molar-refractivity contribution in [3.8, 4) is 0 Å². The number of carboxylic acids is 1. The molecule has 0 aliphatic heterocycles. The third-order valence-electron chi connectivity index (χ3n) is 8.33. The Balaban J connectivity index is 5.96. The van der Waals surface area contributed by atoms with Gasteiger partial charge in [0.15, 0.2) is 0 Å². The summed E-state index contributed by atoms with van der Waals surface area (Å²) in [6.07, 6.45) is 3.29. The number of carbonyl (C=O) groups is 7. The number of carboxylic acid groups (broad SMARTS) is 1. The fourth-order valence-electron chi connectivity index (χ4n) is 5.42. The van der Waals surface area contributed by atoms with Crippen molar-refractivity contribution in [2.75, 3.05) is 13.1 Å². The third kappa shape index (κ3) is 20.9. The molecule has 7 atom stereocenters. The lowest BCUT2D eigenvalue weighted by Crippen LogP contribution is -2.59. The molecule has 0 spiro atoms. The first-order valence-corrected chi connectivity index (χ1v) is 18.9. The molecule has 0 saturated carbocycles. The van der Waals surface area contributed by atoms with Crippen molar-refractivity contribution in [3.63, 3.8) is 0 Å². The van der Waals surface area contributed by atoms with Crippen LogP contribution in [0.3, 0.4) is 0 Å². The predicted molar refractivity (Wildman–Crippen MR) is 203 cm³/mol. The number of hydrogen-bond donors (Lipinski definition) is 10. The van der Waals surface area contributed by atoms with Gasteiger partial charge in [-0.3, -0.25) is 28.8 Å². The minimum atomic E-state index is -1.20. The first-order valence-electron chi connectivity index (χ1n) is 18.9. The summed E-state index contributed by atoms with van der Waals surface area (Å²) in [7, 11) is 0. The van der Waals surface area contributed by atoms with Gasteiger partial charge >= 0.3 is 5.97 Å². The van der Waals surface area contributed by atoms with E-state index in [-0.39, 0.29) is 43.4 Å². The molecular weight excluding hydrogens is 686 g/mol. The molecule has 0 bridgehead atoms. The van der Waals surface area contributed by atoms with Crippen LogP contribution in [0, 0.1) is 17.8 Å². The van der Waals surface area contributed by atoms with Crippen LogP contribution in [0.5, 0.6) is 0 Å². The number of unbranched alkanes of at least 4 members (excludes halogenated alkanes) is 2. The van der Waals surface area contributed by atoms with Crippen molar-refractivity contribution in [3.05, 3.63) is 0 Å². The van der Waals surface area contributed by atoms with Crippen LogP contribution in [0.2, 0.25) is 0 Å². The molecule has 0 radical (unpaired) electrons. The van der Waals surface area contributed by atoms with Gasteiger partial charge in [0.05, 0.1) is 6.04 Å². The first-order chi connectivity index (χ1) is 24.7. The van der Waals surface area contributed by atoms with Gasteiger partial charge in [-0.2, -0.15) is 0 Å². The molecule has 0 aliphatic carbocycles. The van der Waals surface area contributed by atoms with Gasteiger partial charge < -0.3 is 54.2 Å². The summed E-state index contributed by atoms with van der Waals surface area (Å²) in [4.78, 5) is 91.2. The van der Waals surface area contributed by atoms with E-state index in [9.17, 15) is 38.7 Å². The number of hydrogen-bond acceptors (Lipinski definition) is 10. The van der Waals surface area contributed by atoms with E-state index in [0.29, 0.717) is 45.2 Å². The number of nitrogens with two attached hydrogens (primary N) is 3. The zero-order valence-electron chi connectivity index (χ0n) is 33.1. The van der Waals surface area contributed by atoms with Crippen LogP contribution in [0.15, 0.2) is 0 Å². The number of nitrogens with one attached hydrogen (secondary N) is 6. The summed E-state index contributed by atoms with van der Waals surface area (Å²) in [5.74, 6) is -4.97. The molecule has 0 rings (SSSR count). The summed E-state index contributed by atoms with van der Waals surface area (Å²) in [5, 5.41) is 25.5.